The molecule has 0 aliphatic heterocycles. The first-order valence-corrected chi connectivity index (χ1v) is 7.04. The Hall–Kier alpha value is -0.0400. The highest BCUT2D eigenvalue weighted by atomic mass is 16.5. The topological polar surface area (TPSA) is 9.23 Å². The van der Waals surface area contributed by atoms with Gasteiger partial charge in [0.15, 0.2) is 0 Å². The van der Waals surface area contributed by atoms with E-state index >= 15 is 0 Å². The van der Waals surface area contributed by atoms with Crippen molar-refractivity contribution in [1.82, 2.24) is 0 Å². The van der Waals surface area contributed by atoms with E-state index in [1.54, 1.807) is 0 Å². The van der Waals surface area contributed by atoms with Crippen molar-refractivity contribution in [3.05, 3.63) is 0 Å². The molecule has 0 bridgehead atoms. The van der Waals surface area contributed by atoms with E-state index < -0.39 is 0 Å². The molecule has 0 spiro atoms. The maximum absolute atomic E-state index is 6.23. The maximum atomic E-state index is 6.23. The Bertz CT molecular complexity index is 164. The van der Waals surface area contributed by atoms with Crippen LogP contribution in [-0.2, 0) is 4.74 Å². The molecule has 2 aliphatic rings. The number of ether oxygens (including phenoxy) is 1. The van der Waals surface area contributed by atoms with Gasteiger partial charge in [0.1, 0.15) is 0 Å². The average molecular weight is 210 g/mol. The highest BCUT2D eigenvalue weighted by Crippen LogP contribution is 2.31. The smallest absolute Gasteiger partial charge is 0.0579 e. The molecule has 15 heavy (non-hydrogen) atoms. The largest absolute Gasteiger partial charge is 0.375 e. The van der Waals surface area contributed by atoms with Crippen LogP contribution in [0.5, 0.6) is 0 Å². The van der Waals surface area contributed by atoms with E-state index in [1.165, 1.54) is 64.2 Å². The summed E-state index contributed by atoms with van der Waals surface area (Å²) in [5.74, 6) is 0.996. The summed E-state index contributed by atoms with van der Waals surface area (Å²) in [6.45, 7) is 2.33. The minimum atomic E-state index is 0.607. The van der Waals surface area contributed by atoms with Gasteiger partial charge >= 0.3 is 0 Å². The van der Waals surface area contributed by atoms with Gasteiger partial charge in [0.05, 0.1) is 12.2 Å². The SMILES string of the molecule is CCC1CCC(OC2CCCCC2)CC1. The van der Waals surface area contributed by atoms with E-state index in [0.29, 0.717) is 12.2 Å². The minimum Gasteiger partial charge on any atom is -0.375 e. The second-order valence-electron chi connectivity index (χ2n) is 5.45. The maximum Gasteiger partial charge on any atom is 0.0579 e. The van der Waals surface area contributed by atoms with E-state index in [1.807, 2.05) is 0 Å². The van der Waals surface area contributed by atoms with Crippen molar-refractivity contribution in [1.29, 1.82) is 0 Å². The molecule has 0 unspecified atom stereocenters. The average Bonchev–Trinajstić information content (AvgIpc) is 2.31. The normalized spacial score (nSPS) is 34.2. The molecule has 2 saturated carbocycles. The van der Waals surface area contributed by atoms with Gasteiger partial charge in [-0.2, -0.15) is 0 Å². The molecule has 0 N–H and O–H groups in total. The van der Waals surface area contributed by atoms with Crippen LogP contribution in [0, 0.1) is 5.92 Å². The third kappa shape index (κ3) is 3.48. The number of hydrogen-bond acceptors (Lipinski definition) is 1. The molecular weight excluding hydrogens is 184 g/mol. The highest BCUT2D eigenvalue weighted by molar-refractivity contribution is 4.74. The van der Waals surface area contributed by atoms with E-state index in [9.17, 15) is 0 Å². The van der Waals surface area contributed by atoms with Crippen LogP contribution in [0.25, 0.3) is 0 Å². The van der Waals surface area contributed by atoms with Gasteiger partial charge < -0.3 is 4.74 Å². The molecule has 0 radical (unpaired) electrons. The van der Waals surface area contributed by atoms with Crippen LogP contribution in [0.15, 0.2) is 0 Å². The van der Waals surface area contributed by atoms with Crippen molar-refractivity contribution < 1.29 is 4.74 Å². The van der Waals surface area contributed by atoms with Gasteiger partial charge in [0.2, 0.25) is 0 Å². The number of rotatable bonds is 3. The first-order chi connectivity index (χ1) is 7.38. The van der Waals surface area contributed by atoms with E-state index in [0.717, 1.165) is 5.92 Å². The van der Waals surface area contributed by atoms with Gasteiger partial charge in [-0.3, -0.25) is 0 Å². The standard InChI is InChI=1S/C14H26O/c1-2-12-8-10-14(11-9-12)15-13-6-4-3-5-7-13/h12-14H,2-11H2,1H3. The lowest BCUT2D eigenvalue weighted by atomic mass is 9.85. The lowest BCUT2D eigenvalue weighted by Gasteiger charge is -2.32. The monoisotopic (exact) mass is 210 g/mol. The Morgan fingerprint density at radius 3 is 2.00 bits per heavy atom. The minimum absolute atomic E-state index is 0.607. The zero-order chi connectivity index (χ0) is 10.5. The Balaban J connectivity index is 1.67. The van der Waals surface area contributed by atoms with E-state index in [2.05, 4.69) is 6.92 Å². The van der Waals surface area contributed by atoms with Gasteiger partial charge in [-0.25, -0.2) is 0 Å². The van der Waals surface area contributed by atoms with Crippen molar-refractivity contribution in [3.8, 4) is 0 Å². The highest BCUT2D eigenvalue weighted by Gasteiger charge is 2.24. The zero-order valence-corrected chi connectivity index (χ0v) is 10.2. The van der Waals surface area contributed by atoms with Crippen LogP contribution < -0.4 is 0 Å². The molecule has 88 valence electrons. The fourth-order valence-electron chi connectivity index (χ4n) is 3.15. The lowest BCUT2D eigenvalue weighted by molar-refractivity contribution is -0.0510. The molecule has 0 amide bonds. The van der Waals surface area contributed by atoms with Crippen LogP contribution in [0.3, 0.4) is 0 Å². The second-order valence-corrected chi connectivity index (χ2v) is 5.45. The Morgan fingerprint density at radius 2 is 1.40 bits per heavy atom. The van der Waals surface area contributed by atoms with Crippen molar-refractivity contribution in [2.75, 3.05) is 0 Å². The summed E-state index contributed by atoms with van der Waals surface area (Å²) < 4.78 is 6.23. The molecule has 2 fully saturated rings. The molecular formula is C14H26O. The summed E-state index contributed by atoms with van der Waals surface area (Å²) >= 11 is 0. The van der Waals surface area contributed by atoms with Crippen molar-refractivity contribution in [2.24, 2.45) is 5.92 Å². The van der Waals surface area contributed by atoms with Crippen LogP contribution in [0.2, 0.25) is 0 Å². The molecule has 2 aliphatic carbocycles. The third-order valence-electron chi connectivity index (χ3n) is 4.31. The van der Waals surface area contributed by atoms with Crippen LogP contribution in [0.1, 0.15) is 71.1 Å². The second kappa shape index (κ2) is 5.89. The summed E-state index contributed by atoms with van der Waals surface area (Å²) in [5, 5.41) is 0. The molecule has 0 aromatic rings. The summed E-state index contributed by atoms with van der Waals surface area (Å²) in [4.78, 5) is 0. The Morgan fingerprint density at radius 1 is 0.800 bits per heavy atom. The third-order valence-corrected chi connectivity index (χ3v) is 4.31. The molecule has 1 nitrogen and oxygen atoms in total. The molecule has 0 aromatic heterocycles. The summed E-state index contributed by atoms with van der Waals surface area (Å²) in [6.07, 6.45) is 15.0. The van der Waals surface area contributed by atoms with E-state index in [4.69, 9.17) is 4.74 Å². The van der Waals surface area contributed by atoms with Gasteiger partial charge in [-0.15, -0.1) is 0 Å². The fraction of sp³-hybridized carbons (Fsp3) is 1.00. The first kappa shape index (κ1) is 11.4. The van der Waals surface area contributed by atoms with E-state index in [-0.39, 0.29) is 0 Å². The first-order valence-electron chi connectivity index (χ1n) is 7.04. The fourth-order valence-corrected chi connectivity index (χ4v) is 3.15. The molecule has 2 rings (SSSR count). The molecule has 0 saturated heterocycles. The predicted octanol–water partition coefficient (Wildman–Crippen LogP) is 4.30. The van der Waals surface area contributed by atoms with Gasteiger partial charge in [-0.1, -0.05) is 32.6 Å². The van der Waals surface area contributed by atoms with Gasteiger partial charge in [0, 0.05) is 0 Å². The summed E-state index contributed by atoms with van der Waals surface area (Å²) in [5.41, 5.74) is 0. The molecule has 1 heteroatoms. The Kier molecular flexibility index (Phi) is 4.49. The number of hydrogen-bond donors (Lipinski definition) is 0. The summed E-state index contributed by atoms with van der Waals surface area (Å²) in [6, 6.07) is 0. The van der Waals surface area contributed by atoms with Crippen molar-refractivity contribution >= 4 is 0 Å². The van der Waals surface area contributed by atoms with Crippen molar-refractivity contribution in [3.63, 3.8) is 0 Å². The summed E-state index contributed by atoms with van der Waals surface area (Å²) in [7, 11) is 0. The van der Waals surface area contributed by atoms with Crippen LogP contribution >= 0.6 is 0 Å². The predicted molar refractivity (Wildman–Crippen MR) is 64.0 cm³/mol. The van der Waals surface area contributed by atoms with Gasteiger partial charge in [-0.05, 0) is 44.4 Å². The van der Waals surface area contributed by atoms with Crippen molar-refractivity contribution in [2.45, 2.75) is 83.3 Å². The quantitative estimate of drug-likeness (QED) is 0.674. The van der Waals surface area contributed by atoms with Crippen LogP contribution in [0.4, 0.5) is 0 Å². The molecule has 0 aromatic carbocycles. The molecule has 0 atom stereocenters. The Labute approximate surface area is 94.6 Å². The van der Waals surface area contributed by atoms with Gasteiger partial charge in [0.25, 0.3) is 0 Å². The zero-order valence-electron chi connectivity index (χ0n) is 10.2. The lowest BCUT2D eigenvalue weighted by Crippen LogP contribution is -2.28. The molecule has 0 heterocycles. The van der Waals surface area contributed by atoms with Crippen LogP contribution in [-0.4, -0.2) is 12.2 Å².